The van der Waals surface area contributed by atoms with Crippen molar-refractivity contribution in [2.24, 2.45) is 0 Å². The Morgan fingerprint density at radius 1 is 0.750 bits per heavy atom. The van der Waals surface area contributed by atoms with E-state index in [0.717, 1.165) is 12.8 Å². The van der Waals surface area contributed by atoms with Gasteiger partial charge in [0.2, 0.25) is 5.75 Å². The van der Waals surface area contributed by atoms with Gasteiger partial charge in [0.25, 0.3) is 0 Å². The minimum Gasteiger partial charge on any atom is -0.493 e. The summed E-state index contributed by atoms with van der Waals surface area (Å²) in [7, 11) is 3.20. The van der Waals surface area contributed by atoms with Crippen LogP contribution in [0.25, 0.3) is 0 Å². The van der Waals surface area contributed by atoms with Gasteiger partial charge in [-0.15, -0.1) is 0 Å². The number of para-hydroxylation sites is 1. The number of hydrogen-bond acceptors (Lipinski definition) is 4. The molecule has 0 radical (unpaired) electrons. The average Bonchev–Trinajstić information content (AvgIpc) is 2.61. The van der Waals surface area contributed by atoms with Crippen LogP contribution >= 0.6 is 23.2 Å². The molecule has 0 saturated carbocycles. The molecule has 0 spiro atoms. The molecule has 0 amide bonds. The zero-order chi connectivity index (χ0) is 17.4. The Bertz CT molecular complexity index is 639. The third-order valence-electron chi connectivity index (χ3n) is 3.34. The van der Waals surface area contributed by atoms with Crippen molar-refractivity contribution in [3.63, 3.8) is 0 Å². The van der Waals surface area contributed by atoms with Crippen molar-refractivity contribution < 1.29 is 18.9 Å². The smallest absolute Gasteiger partial charge is 0.203 e. The van der Waals surface area contributed by atoms with Gasteiger partial charge in [-0.25, -0.2) is 0 Å². The highest BCUT2D eigenvalue weighted by Gasteiger charge is 2.11. The number of halogens is 2. The molecule has 2 aromatic carbocycles. The van der Waals surface area contributed by atoms with Crippen LogP contribution in [-0.4, -0.2) is 27.4 Å². The number of hydrogen-bond donors (Lipinski definition) is 0. The lowest BCUT2D eigenvalue weighted by molar-refractivity contribution is 0.249. The minimum atomic E-state index is 0.439. The van der Waals surface area contributed by atoms with Gasteiger partial charge in [0.1, 0.15) is 10.8 Å². The van der Waals surface area contributed by atoms with Gasteiger partial charge in [0, 0.05) is 0 Å². The van der Waals surface area contributed by atoms with Gasteiger partial charge in [-0.3, -0.25) is 0 Å². The molecule has 130 valence electrons. The molecule has 0 N–H and O–H groups in total. The second kappa shape index (κ2) is 9.50. The molecule has 0 aromatic heterocycles. The molecule has 0 atom stereocenters. The lowest BCUT2D eigenvalue weighted by Gasteiger charge is -2.14. The van der Waals surface area contributed by atoms with E-state index in [1.54, 1.807) is 32.4 Å². The van der Waals surface area contributed by atoms with Crippen LogP contribution in [0.4, 0.5) is 0 Å². The van der Waals surface area contributed by atoms with Crippen LogP contribution in [0.15, 0.2) is 36.4 Å². The van der Waals surface area contributed by atoms with E-state index in [-0.39, 0.29) is 0 Å². The van der Waals surface area contributed by atoms with Crippen molar-refractivity contribution in [1.82, 2.24) is 0 Å². The molecule has 2 aromatic rings. The molecular weight excluding hydrogens is 351 g/mol. The van der Waals surface area contributed by atoms with Crippen molar-refractivity contribution in [3.8, 4) is 23.0 Å². The summed E-state index contributed by atoms with van der Waals surface area (Å²) in [6.45, 7) is 1.07. The number of benzene rings is 2. The second-order valence-electron chi connectivity index (χ2n) is 4.95. The fraction of sp³-hybridized carbons (Fsp3) is 0.333. The summed E-state index contributed by atoms with van der Waals surface area (Å²) in [6, 6.07) is 10.9. The predicted octanol–water partition coefficient (Wildman–Crippen LogP) is 5.25. The molecule has 0 aliphatic heterocycles. The number of ether oxygens (including phenoxy) is 4. The van der Waals surface area contributed by atoms with Crippen LogP contribution in [0.3, 0.4) is 0 Å². The van der Waals surface area contributed by atoms with Crippen LogP contribution in [0, 0.1) is 0 Å². The Kier molecular flexibility index (Phi) is 7.35. The van der Waals surface area contributed by atoms with E-state index >= 15 is 0 Å². The molecular formula is C18H20Cl2O4. The Hall–Kier alpha value is -1.78. The number of unbranched alkanes of at least 4 members (excludes halogenated alkanes) is 1. The third-order valence-corrected chi connectivity index (χ3v) is 4.14. The van der Waals surface area contributed by atoms with E-state index in [1.807, 2.05) is 18.2 Å². The van der Waals surface area contributed by atoms with Gasteiger partial charge >= 0.3 is 0 Å². The van der Waals surface area contributed by atoms with E-state index in [4.69, 9.17) is 42.1 Å². The van der Waals surface area contributed by atoms with E-state index in [0.29, 0.717) is 46.3 Å². The quantitative estimate of drug-likeness (QED) is 0.565. The fourth-order valence-corrected chi connectivity index (χ4v) is 2.46. The summed E-state index contributed by atoms with van der Waals surface area (Å²) in [5.74, 6) is 2.51. The van der Waals surface area contributed by atoms with Gasteiger partial charge in [-0.2, -0.15) is 0 Å². The van der Waals surface area contributed by atoms with Gasteiger partial charge in [0.05, 0.1) is 32.5 Å². The summed E-state index contributed by atoms with van der Waals surface area (Å²) >= 11 is 12.0. The largest absolute Gasteiger partial charge is 0.493 e. The van der Waals surface area contributed by atoms with Crippen molar-refractivity contribution in [1.29, 1.82) is 0 Å². The predicted molar refractivity (Wildman–Crippen MR) is 96.2 cm³/mol. The van der Waals surface area contributed by atoms with Gasteiger partial charge in [-0.1, -0.05) is 35.3 Å². The molecule has 2 rings (SSSR count). The summed E-state index contributed by atoms with van der Waals surface area (Å²) in [4.78, 5) is 0. The van der Waals surface area contributed by atoms with E-state index in [1.165, 1.54) is 0 Å². The van der Waals surface area contributed by atoms with Crippen molar-refractivity contribution in [3.05, 3.63) is 46.4 Å². The molecule has 0 unspecified atom stereocenters. The van der Waals surface area contributed by atoms with Crippen LogP contribution in [0.5, 0.6) is 23.0 Å². The highest BCUT2D eigenvalue weighted by molar-refractivity contribution is 6.42. The summed E-state index contributed by atoms with van der Waals surface area (Å²) in [6.07, 6.45) is 1.64. The minimum absolute atomic E-state index is 0.439. The lowest BCUT2D eigenvalue weighted by atomic mass is 10.3. The maximum Gasteiger partial charge on any atom is 0.203 e. The van der Waals surface area contributed by atoms with Gasteiger partial charge < -0.3 is 18.9 Å². The summed E-state index contributed by atoms with van der Waals surface area (Å²) < 4.78 is 22.0. The molecule has 0 aliphatic carbocycles. The highest BCUT2D eigenvalue weighted by atomic mass is 35.5. The second-order valence-corrected chi connectivity index (χ2v) is 5.73. The van der Waals surface area contributed by atoms with E-state index in [9.17, 15) is 0 Å². The molecule has 24 heavy (non-hydrogen) atoms. The van der Waals surface area contributed by atoms with E-state index in [2.05, 4.69) is 0 Å². The van der Waals surface area contributed by atoms with Crippen LogP contribution in [-0.2, 0) is 0 Å². The summed E-state index contributed by atoms with van der Waals surface area (Å²) in [5, 5.41) is 0.926. The molecule has 0 saturated heterocycles. The zero-order valence-electron chi connectivity index (χ0n) is 13.7. The zero-order valence-corrected chi connectivity index (χ0v) is 15.2. The monoisotopic (exact) mass is 370 g/mol. The molecule has 0 bridgehead atoms. The average molecular weight is 371 g/mol. The Labute approximate surface area is 152 Å². The highest BCUT2D eigenvalue weighted by Crippen LogP contribution is 2.36. The molecule has 6 heteroatoms. The third kappa shape index (κ3) is 4.86. The molecule has 0 fully saturated rings. The maximum atomic E-state index is 6.07. The Morgan fingerprint density at radius 3 is 1.92 bits per heavy atom. The first-order chi connectivity index (χ1) is 11.7. The van der Waals surface area contributed by atoms with Crippen LogP contribution in [0.1, 0.15) is 12.8 Å². The molecule has 0 heterocycles. The normalized spacial score (nSPS) is 10.3. The first-order valence-corrected chi connectivity index (χ1v) is 8.33. The first kappa shape index (κ1) is 18.6. The lowest BCUT2D eigenvalue weighted by Crippen LogP contribution is -2.04. The van der Waals surface area contributed by atoms with Crippen LogP contribution in [0.2, 0.25) is 10.0 Å². The summed E-state index contributed by atoms with van der Waals surface area (Å²) in [5.41, 5.74) is 0. The van der Waals surface area contributed by atoms with Crippen molar-refractivity contribution >= 4 is 23.2 Å². The Balaban J connectivity index is 1.77. The fourth-order valence-electron chi connectivity index (χ4n) is 2.12. The SMILES string of the molecule is COc1cccc(OC)c1OCCCCOc1cccc(Cl)c1Cl. The van der Waals surface area contributed by atoms with Crippen molar-refractivity contribution in [2.45, 2.75) is 12.8 Å². The van der Waals surface area contributed by atoms with E-state index < -0.39 is 0 Å². The topological polar surface area (TPSA) is 36.9 Å². The van der Waals surface area contributed by atoms with Crippen molar-refractivity contribution in [2.75, 3.05) is 27.4 Å². The Morgan fingerprint density at radius 2 is 1.29 bits per heavy atom. The molecule has 0 aliphatic rings. The molecule has 4 nitrogen and oxygen atoms in total. The maximum absolute atomic E-state index is 6.07. The standard InChI is InChI=1S/C18H20Cl2O4/c1-21-15-9-6-10-16(22-2)18(15)24-12-4-3-11-23-14-8-5-7-13(19)17(14)20/h5-10H,3-4,11-12H2,1-2H3. The van der Waals surface area contributed by atoms with Gasteiger partial charge in [-0.05, 0) is 37.1 Å². The number of methoxy groups -OCH3 is 2. The van der Waals surface area contributed by atoms with Gasteiger partial charge in [0.15, 0.2) is 11.5 Å². The van der Waals surface area contributed by atoms with Crippen LogP contribution < -0.4 is 18.9 Å². The number of rotatable bonds is 9. The first-order valence-electron chi connectivity index (χ1n) is 7.58.